The molecule has 4 rings (SSSR count). The molecule has 2 aromatic heterocycles. The molecule has 0 aliphatic heterocycles. The lowest BCUT2D eigenvalue weighted by Crippen LogP contribution is -2.35. The lowest BCUT2D eigenvalue weighted by atomic mass is 10.0. The standard InChI is InChI=1S/C26H24IN5O3/c1-31(22(17-11-5-4-6-12-17)20-15-9-10-16-28-20)26-30-21(23(35-3)25(34)32(26)2)24(33)29-19-14-8-7-13-18(19)27/h4-16,22H,1-3H3,(H,29,33). The van der Waals surface area contributed by atoms with E-state index >= 15 is 0 Å². The van der Waals surface area contributed by atoms with Crippen LogP contribution in [0.4, 0.5) is 11.6 Å². The van der Waals surface area contributed by atoms with Gasteiger partial charge in [0.2, 0.25) is 11.7 Å². The van der Waals surface area contributed by atoms with E-state index in [9.17, 15) is 9.59 Å². The number of benzene rings is 2. The third-order valence-electron chi connectivity index (χ3n) is 5.55. The number of para-hydroxylation sites is 1. The van der Waals surface area contributed by atoms with Crippen molar-refractivity contribution in [1.82, 2.24) is 14.5 Å². The number of nitrogens with one attached hydrogen (secondary N) is 1. The summed E-state index contributed by atoms with van der Waals surface area (Å²) in [4.78, 5) is 37.5. The first-order valence-corrected chi connectivity index (χ1v) is 11.9. The van der Waals surface area contributed by atoms with Gasteiger partial charge in [-0.25, -0.2) is 4.98 Å². The molecular weight excluding hydrogens is 557 g/mol. The number of hydrogen-bond donors (Lipinski definition) is 1. The molecule has 0 fully saturated rings. The fourth-order valence-electron chi connectivity index (χ4n) is 3.85. The summed E-state index contributed by atoms with van der Waals surface area (Å²) in [5, 5.41) is 2.84. The lowest BCUT2D eigenvalue weighted by Gasteiger charge is -2.30. The minimum Gasteiger partial charge on any atom is -0.489 e. The molecule has 1 amide bonds. The number of amides is 1. The topological polar surface area (TPSA) is 89.3 Å². The second-order valence-electron chi connectivity index (χ2n) is 7.77. The summed E-state index contributed by atoms with van der Waals surface area (Å²) in [5.41, 5.74) is 1.79. The summed E-state index contributed by atoms with van der Waals surface area (Å²) < 4.78 is 7.56. The van der Waals surface area contributed by atoms with Gasteiger partial charge in [0, 0.05) is 23.9 Å². The van der Waals surface area contributed by atoms with Crippen LogP contribution in [0.5, 0.6) is 5.75 Å². The van der Waals surface area contributed by atoms with Crippen LogP contribution in [-0.4, -0.2) is 34.6 Å². The zero-order chi connectivity index (χ0) is 24.9. The molecule has 4 aromatic rings. The van der Waals surface area contributed by atoms with Gasteiger partial charge in [0.25, 0.3) is 11.5 Å². The molecule has 0 saturated carbocycles. The summed E-state index contributed by atoms with van der Waals surface area (Å²) in [6, 6.07) is 22.5. The minimum absolute atomic E-state index is 0.0927. The Hall–Kier alpha value is -3.73. The van der Waals surface area contributed by atoms with Crippen molar-refractivity contribution in [3.05, 3.63) is 110 Å². The third kappa shape index (κ3) is 5.04. The van der Waals surface area contributed by atoms with Crippen LogP contribution < -0.4 is 20.5 Å². The summed E-state index contributed by atoms with van der Waals surface area (Å²) >= 11 is 2.13. The van der Waals surface area contributed by atoms with E-state index in [1.54, 1.807) is 19.3 Å². The Bertz CT molecular complexity index is 1350. The number of pyridine rings is 1. The predicted molar refractivity (Wildman–Crippen MR) is 144 cm³/mol. The van der Waals surface area contributed by atoms with Crippen LogP contribution in [0.25, 0.3) is 0 Å². The molecule has 0 radical (unpaired) electrons. The number of carbonyl (C=O) groups excluding carboxylic acids is 1. The van der Waals surface area contributed by atoms with Gasteiger partial charge in [-0.05, 0) is 52.4 Å². The van der Waals surface area contributed by atoms with E-state index in [0.29, 0.717) is 11.6 Å². The van der Waals surface area contributed by atoms with Crippen molar-refractivity contribution in [3.63, 3.8) is 0 Å². The van der Waals surface area contributed by atoms with E-state index in [4.69, 9.17) is 4.74 Å². The van der Waals surface area contributed by atoms with Gasteiger partial charge in [0.15, 0.2) is 5.69 Å². The van der Waals surface area contributed by atoms with Crippen molar-refractivity contribution in [2.45, 2.75) is 6.04 Å². The van der Waals surface area contributed by atoms with Gasteiger partial charge < -0.3 is 15.0 Å². The molecule has 0 saturated heterocycles. The second-order valence-corrected chi connectivity index (χ2v) is 8.93. The Labute approximate surface area is 216 Å². The average molecular weight is 581 g/mol. The normalized spacial score (nSPS) is 11.5. The first-order chi connectivity index (χ1) is 16.9. The predicted octanol–water partition coefficient (Wildman–Crippen LogP) is 4.27. The van der Waals surface area contributed by atoms with Crippen LogP contribution >= 0.6 is 22.6 Å². The molecule has 2 aromatic carbocycles. The molecular formula is C26H24IN5O3. The number of halogens is 1. The zero-order valence-electron chi connectivity index (χ0n) is 19.5. The SMILES string of the molecule is COc1c(C(=O)Nc2ccccc2I)nc(N(C)C(c2ccccc2)c2ccccn2)n(C)c1=O. The van der Waals surface area contributed by atoms with E-state index in [1.807, 2.05) is 78.7 Å². The molecule has 1 N–H and O–H groups in total. The highest BCUT2D eigenvalue weighted by molar-refractivity contribution is 14.1. The van der Waals surface area contributed by atoms with Crippen LogP contribution in [0, 0.1) is 3.57 Å². The van der Waals surface area contributed by atoms with Crippen molar-refractivity contribution in [2.24, 2.45) is 7.05 Å². The molecule has 0 spiro atoms. The monoisotopic (exact) mass is 581 g/mol. The van der Waals surface area contributed by atoms with Crippen molar-refractivity contribution < 1.29 is 9.53 Å². The van der Waals surface area contributed by atoms with Gasteiger partial charge in [-0.15, -0.1) is 0 Å². The van der Waals surface area contributed by atoms with Gasteiger partial charge >= 0.3 is 0 Å². The Balaban J connectivity index is 1.83. The van der Waals surface area contributed by atoms with Gasteiger partial charge in [-0.2, -0.15) is 0 Å². The molecule has 8 nitrogen and oxygen atoms in total. The quantitative estimate of drug-likeness (QED) is 0.328. The Morgan fingerprint density at radius 1 is 1.06 bits per heavy atom. The summed E-state index contributed by atoms with van der Waals surface area (Å²) in [6.07, 6.45) is 1.72. The number of rotatable bonds is 7. The van der Waals surface area contributed by atoms with Gasteiger partial charge in [0.1, 0.15) is 0 Å². The van der Waals surface area contributed by atoms with Crippen LogP contribution in [-0.2, 0) is 7.05 Å². The second kappa shape index (κ2) is 10.7. The van der Waals surface area contributed by atoms with Crippen LogP contribution in [0.3, 0.4) is 0 Å². The summed E-state index contributed by atoms with van der Waals surface area (Å²) in [6.45, 7) is 0. The van der Waals surface area contributed by atoms with Crippen molar-refractivity contribution in [2.75, 3.05) is 24.4 Å². The maximum absolute atomic E-state index is 13.3. The van der Waals surface area contributed by atoms with E-state index in [-0.39, 0.29) is 17.5 Å². The van der Waals surface area contributed by atoms with E-state index in [0.717, 1.165) is 14.8 Å². The van der Waals surface area contributed by atoms with Crippen LogP contribution in [0.15, 0.2) is 83.8 Å². The maximum atomic E-state index is 13.3. The summed E-state index contributed by atoms with van der Waals surface area (Å²) in [5.74, 6) is -0.363. The Morgan fingerprint density at radius 2 is 1.74 bits per heavy atom. The first kappa shape index (κ1) is 24.4. The fraction of sp³-hybridized carbons (Fsp3) is 0.154. The lowest BCUT2D eigenvalue weighted by molar-refractivity contribution is 0.101. The number of anilines is 2. The van der Waals surface area contributed by atoms with Crippen LogP contribution in [0.1, 0.15) is 27.8 Å². The molecule has 0 aliphatic carbocycles. The van der Waals surface area contributed by atoms with Gasteiger partial charge in [-0.1, -0.05) is 48.5 Å². The first-order valence-electron chi connectivity index (χ1n) is 10.8. The largest absolute Gasteiger partial charge is 0.489 e. The number of carbonyl (C=O) groups is 1. The smallest absolute Gasteiger partial charge is 0.297 e. The van der Waals surface area contributed by atoms with Gasteiger partial charge in [-0.3, -0.25) is 19.1 Å². The molecule has 2 heterocycles. The number of hydrogen-bond acceptors (Lipinski definition) is 6. The highest BCUT2D eigenvalue weighted by Gasteiger charge is 2.28. The number of nitrogens with zero attached hydrogens (tertiary/aromatic N) is 4. The molecule has 0 aliphatic rings. The molecule has 1 atom stereocenters. The van der Waals surface area contributed by atoms with Crippen molar-refractivity contribution in [3.8, 4) is 5.75 Å². The molecule has 9 heteroatoms. The molecule has 35 heavy (non-hydrogen) atoms. The number of methoxy groups -OCH3 is 1. The van der Waals surface area contributed by atoms with Gasteiger partial charge in [0.05, 0.1) is 24.5 Å². The van der Waals surface area contributed by atoms with Crippen molar-refractivity contribution >= 4 is 40.1 Å². The number of ether oxygens (including phenoxy) is 1. The molecule has 1 unspecified atom stereocenters. The van der Waals surface area contributed by atoms with E-state index in [1.165, 1.54) is 11.7 Å². The third-order valence-corrected chi connectivity index (χ3v) is 6.49. The molecule has 0 bridgehead atoms. The molecule has 178 valence electrons. The van der Waals surface area contributed by atoms with Crippen LogP contribution in [0.2, 0.25) is 0 Å². The maximum Gasteiger partial charge on any atom is 0.297 e. The fourth-order valence-corrected chi connectivity index (χ4v) is 4.37. The zero-order valence-corrected chi connectivity index (χ0v) is 21.6. The number of aromatic nitrogens is 3. The van der Waals surface area contributed by atoms with E-state index in [2.05, 4.69) is 37.9 Å². The highest BCUT2D eigenvalue weighted by atomic mass is 127. The van der Waals surface area contributed by atoms with E-state index < -0.39 is 11.5 Å². The summed E-state index contributed by atoms with van der Waals surface area (Å²) in [7, 11) is 4.78. The average Bonchev–Trinajstić information content (AvgIpc) is 2.88. The Kier molecular flexibility index (Phi) is 7.45. The minimum atomic E-state index is -0.535. The Morgan fingerprint density at radius 3 is 2.40 bits per heavy atom. The highest BCUT2D eigenvalue weighted by Crippen LogP contribution is 2.30. The van der Waals surface area contributed by atoms with Crippen molar-refractivity contribution in [1.29, 1.82) is 0 Å².